The Labute approximate surface area is 118 Å². The second-order valence-corrected chi connectivity index (χ2v) is 4.25. The van der Waals surface area contributed by atoms with E-state index < -0.39 is 5.97 Å². The smallest absolute Gasteiger partial charge is 0.338 e. The molecule has 102 valence electrons. The largest absolute Gasteiger partial charge is 0.462 e. The fourth-order valence-electron chi connectivity index (χ4n) is 1.22. The summed E-state index contributed by atoms with van der Waals surface area (Å²) >= 11 is 3.28. The van der Waals surface area contributed by atoms with Crippen molar-refractivity contribution in [1.82, 2.24) is 0 Å². The summed E-state index contributed by atoms with van der Waals surface area (Å²) in [5.74, 6) is -0.666. The molecular formula is C11H14BrN5O2. The third-order valence-electron chi connectivity index (χ3n) is 1.94. The number of aliphatic imine (C=N–C) groups is 2. The second kappa shape index (κ2) is 6.74. The number of hydrogen-bond acceptors (Lipinski definition) is 3. The zero-order valence-electron chi connectivity index (χ0n) is 10.3. The predicted molar refractivity (Wildman–Crippen MR) is 77.2 cm³/mol. The average molecular weight is 328 g/mol. The topological polar surface area (TPSA) is 129 Å². The molecule has 6 N–H and O–H groups in total. The second-order valence-electron chi connectivity index (χ2n) is 3.39. The van der Waals surface area contributed by atoms with E-state index in [0.717, 1.165) is 0 Å². The Bertz CT molecular complexity index is 538. The zero-order chi connectivity index (χ0) is 14.4. The molecule has 0 saturated heterocycles. The third-order valence-corrected chi connectivity index (χ3v) is 2.57. The van der Waals surface area contributed by atoms with Gasteiger partial charge in [0.05, 0.1) is 17.9 Å². The van der Waals surface area contributed by atoms with Gasteiger partial charge in [-0.05, 0) is 41.1 Å². The number of carbonyl (C=O) groups excluding carboxylic acids is 1. The molecule has 0 aliphatic rings. The molecule has 0 bridgehead atoms. The van der Waals surface area contributed by atoms with Gasteiger partial charge in [-0.15, -0.1) is 0 Å². The lowest BCUT2D eigenvalue weighted by Gasteiger charge is -2.04. The van der Waals surface area contributed by atoms with Crippen LogP contribution in [0.3, 0.4) is 0 Å². The fourth-order valence-corrected chi connectivity index (χ4v) is 1.69. The minimum Gasteiger partial charge on any atom is -0.462 e. The summed E-state index contributed by atoms with van der Waals surface area (Å²) in [4.78, 5) is 19.1. The van der Waals surface area contributed by atoms with Crippen LogP contribution in [0.25, 0.3) is 0 Å². The predicted octanol–water partition coefficient (Wildman–Crippen LogP) is 0.845. The van der Waals surface area contributed by atoms with Crippen LogP contribution < -0.4 is 17.2 Å². The summed E-state index contributed by atoms with van der Waals surface area (Å²) in [6.45, 7) is 2.05. The van der Waals surface area contributed by atoms with Gasteiger partial charge in [0.2, 0.25) is 5.96 Å². The zero-order valence-corrected chi connectivity index (χ0v) is 11.8. The molecule has 1 aromatic carbocycles. The highest BCUT2D eigenvalue weighted by Crippen LogP contribution is 2.26. The summed E-state index contributed by atoms with van der Waals surface area (Å²) in [7, 11) is 0. The van der Waals surface area contributed by atoms with E-state index in [1.807, 2.05) is 0 Å². The van der Waals surface area contributed by atoms with Crippen molar-refractivity contribution in [3.8, 4) is 0 Å². The summed E-state index contributed by atoms with van der Waals surface area (Å²) in [5, 5.41) is 0. The number of benzene rings is 1. The third kappa shape index (κ3) is 4.59. The van der Waals surface area contributed by atoms with Gasteiger partial charge in [-0.3, -0.25) is 0 Å². The summed E-state index contributed by atoms with van der Waals surface area (Å²) in [6, 6.07) is 4.76. The standard InChI is InChI=1S/C11H14BrN5O2/c1-2-19-9(18)6-3-4-8(7(12)5-6)16-11(15)17-10(13)14/h3-5H,2H2,1H3,(H6,13,14,15,16,17). The molecule has 0 spiro atoms. The molecule has 8 heteroatoms. The number of carbonyl (C=O) groups is 1. The van der Waals surface area contributed by atoms with Gasteiger partial charge in [0, 0.05) is 4.47 Å². The normalized spacial score (nSPS) is 10.9. The number of nitrogens with two attached hydrogens (primary N) is 3. The van der Waals surface area contributed by atoms with E-state index in [4.69, 9.17) is 21.9 Å². The van der Waals surface area contributed by atoms with Gasteiger partial charge in [0.1, 0.15) is 0 Å². The van der Waals surface area contributed by atoms with E-state index in [-0.39, 0.29) is 11.9 Å². The first-order valence-electron chi connectivity index (χ1n) is 5.34. The van der Waals surface area contributed by atoms with Gasteiger partial charge in [-0.25, -0.2) is 9.79 Å². The molecule has 1 aromatic rings. The van der Waals surface area contributed by atoms with Gasteiger partial charge in [0.15, 0.2) is 5.96 Å². The Morgan fingerprint density at radius 3 is 2.58 bits per heavy atom. The number of hydrogen-bond donors (Lipinski definition) is 3. The Hall–Kier alpha value is -2.09. The van der Waals surface area contributed by atoms with Crippen molar-refractivity contribution in [3.63, 3.8) is 0 Å². The molecular weight excluding hydrogens is 314 g/mol. The number of esters is 1. The van der Waals surface area contributed by atoms with Gasteiger partial charge in [-0.2, -0.15) is 4.99 Å². The van der Waals surface area contributed by atoms with Crippen LogP contribution in [0.1, 0.15) is 17.3 Å². The van der Waals surface area contributed by atoms with Crippen LogP contribution >= 0.6 is 15.9 Å². The van der Waals surface area contributed by atoms with Crippen LogP contribution in [0.2, 0.25) is 0 Å². The molecule has 0 heterocycles. The molecule has 0 amide bonds. The maximum absolute atomic E-state index is 11.5. The van der Waals surface area contributed by atoms with Crippen LogP contribution in [0.15, 0.2) is 32.7 Å². The van der Waals surface area contributed by atoms with E-state index in [2.05, 4.69) is 25.9 Å². The average Bonchev–Trinajstić information content (AvgIpc) is 2.31. The summed E-state index contributed by atoms with van der Waals surface area (Å²) < 4.78 is 5.46. The number of ether oxygens (including phenoxy) is 1. The molecule has 0 aliphatic heterocycles. The van der Waals surface area contributed by atoms with E-state index in [1.54, 1.807) is 25.1 Å². The molecule has 0 radical (unpaired) electrons. The number of halogens is 1. The first-order chi connectivity index (χ1) is 8.93. The van der Waals surface area contributed by atoms with Gasteiger partial charge >= 0.3 is 5.97 Å². The first-order valence-corrected chi connectivity index (χ1v) is 6.13. The van der Waals surface area contributed by atoms with Crippen molar-refractivity contribution in [1.29, 1.82) is 0 Å². The molecule has 0 aromatic heterocycles. The molecule has 0 saturated carbocycles. The number of rotatable bonds is 3. The number of guanidine groups is 2. The fraction of sp³-hybridized carbons (Fsp3) is 0.182. The SMILES string of the molecule is CCOC(=O)c1ccc(N=C(N)N=C(N)N)c(Br)c1. The van der Waals surface area contributed by atoms with Crippen molar-refractivity contribution in [2.45, 2.75) is 6.92 Å². The van der Waals surface area contributed by atoms with E-state index >= 15 is 0 Å². The van der Waals surface area contributed by atoms with Crippen LogP contribution in [0.5, 0.6) is 0 Å². The minimum atomic E-state index is -0.407. The van der Waals surface area contributed by atoms with E-state index in [1.165, 1.54) is 0 Å². The van der Waals surface area contributed by atoms with Crippen molar-refractivity contribution >= 4 is 39.5 Å². The van der Waals surface area contributed by atoms with Crippen LogP contribution in [-0.2, 0) is 4.74 Å². The molecule has 0 atom stereocenters. The summed E-state index contributed by atoms with van der Waals surface area (Å²) in [5.41, 5.74) is 16.8. The Kier molecular flexibility index (Phi) is 5.31. The van der Waals surface area contributed by atoms with Gasteiger partial charge in [0.25, 0.3) is 0 Å². The Morgan fingerprint density at radius 1 is 1.37 bits per heavy atom. The number of nitrogens with zero attached hydrogens (tertiary/aromatic N) is 2. The van der Waals surface area contributed by atoms with Crippen molar-refractivity contribution < 1.29 is 9.53 Å². The lowest BCUT2D eigenvalue weighted by molar-refractivity contribution is 0.0526. The molecule has 0 aliphatic carbocycles. The molecule has 0 unspecified atom stereocenters. The van der Waals surface area contributed by atoms with E-state index in [9.17, 15) is 4.79 Å². The van der Waals surface area contributed by atoms with Crippen molar-refractivity contribution in [3.05, 3.63) is 28.2 Å². The van der Waals surface area contributed by atoms with Crippen LogP contribution in [-0.4, -0.2) is 24.5 Å². The maximum atomic E-state index is 11.5. The van der Waals surface area contributed by atoms with Crippen molar-refractivity contribution in [2.75, 3.05) is 6.61 Å². The summed E-state index contributed by atoms with van der Waals surface area (Å²) in [6.07, 6.45) is 0. The Balaban J connectivity index is 3.01. The minimum absolute atomic E-state index is 0.0791. The highest BCUT2D eigenvalue weighted by molar-refractivity contribution is 9.10. The van der Waals surface area contributed by atoms with Crippen molar-refractivity contribution in [2.24, 2.45) is 27.2 Å². The molecule has 1 rings (SSSR count). The quantitative estimate of drug-likeness (QED) is 0.430. The lowest BCUT2D eigenvalue weighted by atomic mass is 10.2. The lowest BCUT2D eigenvalue weighted by Crippen LogP contribution is -2.26. The Morgan fingerprint density at radius 2 is 2.05 bits per heavy atom. The first kappa shape index (κ1) is 15.0. The van der Waals surface area contributed by atoms with E-state index in [0.29, 0.717) is 22.3 Å². The van der Waals surface area contributed by atoms with Crippen LogP contribution in [0.4, 0.5) is 5.69 Å². The van der Waals surface area contributed by atoms with Gasteiger partial charge < -0.3 is 21.9 Å². The van der Waals surface area contributed by atoms with Crippen LogP contribution in [0, 0.1) is 0 Å². The molecule has 0 fully saturated rings. The highest BCUT2D eigenvalue weighted by atomic mass is 79.9. The highest BCUT2D eigenvalue weighted by Gasteiger charge is 2.09. The van der Waals surface area contributed by atoms with Gasteiger partial charge in [-0.1, -0.05) is 0 Å². The monoisotopic (exact) mass is 327 g/mol. The molecule has 19 heavy (non-hydrogen) atoms. The maximum Gasteiger partial charge on any atom is 0.338 e. The molecule has 7 nitrogen and oxygen atoms in total.